The maximum Gasteiger partial charge on any atom is 0.417 e. The molecule has 8 heteroatoms. The second-order valence-electron chi connectivity index (χ2n) is 10.3. The van der Waals surface area contributed by atoms with E-state index in [4.69, 9.17) is 0 Å². The molecule has 4 nitrogen and oxygen atoms in total. The van der Waals surface area contributed by atoms with Crippen LogP contribution in [0.25, 0.3) is 0 Å². The number of halogens is 3. The summed E-state index contributed by atoms with van der Waals surface area (Å²) < 4.78 is 41.8. The first-order valence-electron chi connectivity index (χ1n) is 11.4. The van der Waals surface area contributed by atoms with Crippen molar-refractivity contribution in [1.29, 1.82) is 0 Å². The normalized spacial score (nSPS) is 30.9. The molecule has 0 aromatic heterocycles. The Morgan fingerprint density at radius 1 is 1.25 bits per heavy atom. The number of hydrogen-bond acceptors (Lipinski definition) is 4. The van der Waals surface area contributed by atoms with Crippen LogP contribution >= 0.6 is 11.9 Å². The third-order valence-corrected chi connectivity index (χ3v) is 8.59. The van der Waals surface area contributed by atoms with Gasteiger partial charge in [0.05, 0.1) is 11.2 Å². The average molecular weight is 473 g/mol. The van der Waals surface area contributed by atoms with E-state index in [0.717, 1.165) is 43.7 Å². The molecular formula is C24H35F3N2O2S. The molecule has 3 rings (SSSR count). The Morgan fingerprint density at radius 2 is 1.91 bits per heavy atom. The Kier molecular flexibility index (Phi) is 7.28. The van der Waals surface area contributed by atoms with Crippen LogP contribution in [0.2, 0.25) is 0 Å². The molecule has 2 fully saturated rings. The second kappa shape index (κ2) is 9.18. The number of amides is 1. The van der Waals surface area contributed by atoms with Gasteiger partial charge in [-0.2, -0.15) is 13.2 Å². The van der Waals surface area contributed by atoms with Crippen LogP contribution in [0.1, 0.15) is 65.4 Å². The van der Waals surface area contributed by atoms with Gasteiger partial charge in [0.2, 0.25) is 5.91 Å². The zero-order valence-corrected chi connectivity index (χ0v) is 20.3. The van der Waals surface area contributed by atoms with Gasteiger partial charge in [0.25, 0.3) is 0 Å². The Morgan fingerprint density at radius 3 is 2.53 bits per heavy atom. The van der Waals surface area contributed by atoms with E-state index in [-0.39, 0.29) is 22.8 Å². The molecule has 0 radical (unpaired) electrons. The lowest BCUT2D eigenvalue weighted by Gasteiger charge is -2.50. The molecule has 1 aromatic rings. The SMILES string of the molecule is CCC1CC2CC(CC(C)(O)C2)C1NC(=O)C(C)(C)N(C)Sc1ccccc1C(F)(F)F. The van der Waals surface area contributed by atoms with E-state index in [1.807, 2.05) is 6.92 Å². The van der Waals surface area contributed by atoms with Gasteiger partial charge < -0.3 is 10.4 Å². The molecule has 2 aliphatic carbocycles. The summed E-state index contributed by atoms with van der Waals surface area (Å²) >= 11 is 0.931. The summed E-state index contributed by atoms with van der Waals surface area (Å²) in [7, 11) is 1.65. The van der Waals surface area contributed by atoms with Crippen LogP contribution in [0.15, 0.2) is 29.2 Å². The summed E-state index contributed by atoms with van der Waals surface area (Å²) in [6.07, 6.45) is -0.0511. The predicted molar refractivity (Wildman–Crippen MR) is 121 cm³/mol. The van der Waals surface area contributed by atoms with Gasteiger partial charge in [0, 0.05) is 10.9 Å². The Bertz CT molecular complexity index is 828. The fourth-order valence-electron chi connectivity index (χ4n) is 5.45. The predicted octanol–water partition coefficient (Wildman–Crippen LogP) is 5.50. The van der Waals surface area contributed by atoms with Crippen molar-refractivity contribution >= 4 is 17.9 Å². The lowest BCUT2D eigenvalue weighted by molar-refractivity contribution is -0.139. The number of carbonyl (C=O) groups excluding carboxylic acids is 1. The third kappa shape index (κ3) is 5.45. The molecule has 0 saturated heterocycles. The average Bonchev–Trinajstić information content (AvgIpc) is 2.68. The van der Waals surface area contributed by atoms with Gasteiger partial charge in [-0.15, -0.1) is 0 Å². The number of rotatable bonds is 6. The van der Waals surface area contributed by atoms with Crippen LogP contribution in [0.4, 0.5) is 13.2 Å². The minimum Gasteiger partial charge on any atom is -0.390 e. The van der Waals surface area contributed by atoms with Crippen LogP contribution in [-0.2, 0) is 11.0 Å². The van der Waals surface area contributed by atoms with Gasteiger partial charge in [0.15, 0.2) is 0 Å². The van der Waals surface area contributed by atoms with Crippen LogP contribution in [0.5, 0.6) is 0 Å². The standard InChI is InChI=1S/C24H35F3N2O2S/c1-6-16-11-15-12-17(14-23(4,31)13-15)20(16)28-21(30)22(2,3)29(5)32-19-10-8-7-9-18(19)24(25,26)27/h7-10,15-17,20,31H,6,11-14H2,1-5H3,(H,28,30). The largest absolute Gasteiger partial charge is 0.417 e. The van der Waals surface area contributed by atoms with Crippen LogP contribution in [0.3, 0.4) is 0 Å². The highest BCUT2D eigenvalue weighted by Crippen LogP contribution is 2.47. The number of fused-ring (bicyclic) bond motifs is 2. The van der Waals surface area contributed by atoms with Crippen molar-refractivity contribution in [3.8, 4) is 0 Å². The number of hydrogen-bond donors (Lipinski definition) is 2. The highest BCUT2D eigenvalue weighted by Gasteiger charge is 2.47. The number of benzene rings is 1. The molecule has 2 saturated carbocycles. The monoisotopic (exact) mass is 472 g/mol. The summed E-state index contributed by atoms with van der Waals surface area (Å²) in [6, 6.07) is 5.39. The molecule has 2 N–H and O–H groups in total. The van der Waals surface area contributed by atoms with E-state index in [1.54, 1.807) is 31.3 Å². The van der Waals surface area contributed by atoms with Crippen LogP contribution in [0, 0.1) is 17.8 Å². The number of nitrogens with one attached hydrogen (secondary N) is 1. The summed E-state index contributed by atoms with van der Waals surface area (Å²) in [5.74, 6) is 0.834. The first-order chi connectivity index (χ1) is 14.7. The Balaban J connectivity index is 1.75. The van der Waals surface area contributed by atoms with Gasteiger partial charge in [-0.25, -0.2) is 4.31 Å². The summed E-state index contributed by atoms with van der Waals surface area (Å²) in [6.45, 7) is 7.47. The summed E-state index contributed by atoms with van der Waals surface area (Å²) in [5.41, 5.74) is -2.45. The molecule has 2 aliphatic rings. The van der Waals surface area contributed by atoms with Crippen molar-refractivity contribution in [3.05, 3.63) is 29.8 Å². The van der Waals surface area contributed by atoms with E-state index in [2.05, 4.69) is 12.2 Å². The van der Waals surface area contributed by atoms with E-state index >= 15 is 0 Å². The fraction of sp³-hybridized carbons (Fsp3) is 0.708. The highest BCUT2D eigenvalue weighted by molar-refractivity contribution is 7.97. The minimum absolute atomic E-state index is 0.0318. The van der Waals surface area contributed by atoms with Crippen LogP contribution < -0.4 is 5.32 Å². The molecule has 5 unspecified atom stereocenters. The number of aliphatic hydroxyl groups is 1. The number of nitrogens with zero attached hydrogens (tertiary/aromatic N) is 1. The van der Waals surface area contributed by atoms with Crippen molar-refractivity contribution in [2.45, 2.75) is 88.1 Å². The maximum atomic E-state index is 13.4. The Labute approximate surface area is 193 Å². The third-order valence-electron chi connectivity index (χ3n) is 7.31. The Hall–Kier alpha value is -1.25. The molecular weight excluding hydrogens is 437 g/mol. The van der Waals surface area contributed by atoms with E-state index < -0.39 is 22.9 Å². The molecule has 180 valence electrons. The number of carbonyl (C=O) groups is 1. The fourth-order valence-corrected chi connectivity index (χ4v) is 6.47. The lowest BCUT2D eigenvalue weighted by Crippen LogP contribution is -2.59. The minimum atomic E-state index is -4.46. The van der Waals surface area contributed by atoms with Crippen molar-refractivity contribution < 1.29 is 23.1 Å². The molecule has 1 aromatic carbocycles. The molecule has 5 atom stereocenters. The van der Waals surface area contributed by atoms with Crippen molar-refractivity contribution in [3.63, 3.8) is 0 Å². The molecule has 2 bridgehead atoms. The van der Waals surface area contributed by atoms with E-state index in [9.17, 15) is 23.1 Å². The molecule has 0 spiro atoms. The zero-order valence-electron chi connectivity index (χ0n) is 19.5. The molecule has 1 amide bonds. The van der Waals surface area contributed by atoms with Gasteiger partial charge in [-0.1, -0.05) is 25.5 Å². The number of alkyl halides is 3. The first-order valence-corrected chi connectivity index (χ1v) is 12.1. The van der Waals surface area contributed by atoms with Crippen molar-refractivity contribution in [2.75, 3.05) is 7.05 Å². The first kappa shape index (κ1) is 25.4. The van der Waals surface area contributed by atoms with E-state index in [0.29, 0.717) is 18.3 Å². The molecule has 32 heavy (non-hydrogen) atoms. The van der Waals surface area contributed by atoms with Gasteiger partial charge in [-0.05, 0) is 95.3 Å². The zero-order chi connectivity index (χ0) is 23.9. The molecule has 0 aliphatic heterocycles. The van der Waals surface area contributed by atoms with Crippen molar-refractivity contribution in [1.82, 2.24) is 9.62 Å². The maximum absolute atomic E-state index is 13.4. The number of likely N-dealkylation sites (N-methyl/N-ethyl adjacent to an activating group) is 1. The summed E-state index contributed by atoms with van der Waals surface area (Å²) in [4.78, 5) is 13.4. The van der Waals surface area contributed by atoms with E-state index in [1.165, 1.54) is 12.1 Å². The van der Waals surface area contributed by atoms with Gasteiger partial charge in [0.1, 0.15) is 5.54 Å². The van der Waals surface area contributed by atoms with Crippen LogP contribution in [-0.4, -0.2) is 39.5 Å². The van der Waals surface area contributed by atoms with Crippen molar-refractivity contribution in [2.24, 2.45) is 17.8 Å². The van der Waals surface area contributed by atoms with Gasteiger partial charge in [-0.3, -0.25) is 4.79 Å². The topological polar surface area (TPSA) is 52.6 Å². The quantitative estimate of drug-likeness (QED) is 0.537. The molecule has 0 heterocycles. The summed E-state index contributed by atoms with van der Waals surface area (Å²) in [5, 5.41) is 13.9. The second-order valence-corrected chi connectivity index (χ2v) is 11.5. The highest BCUT2D eigenvalue weighted by atomic mass is 32.2. The smallest absolute Gasteiger partial charge is 0.390 e. The van der Waals surface area contributed by atoms with Gasteiger partial charge >= 0.3 is 6.18 Å². The lowest BCUT2D eigenvalue weighted by atomic mass is 9.60.